The van der Waals surface area contributed by atoms with Gasteiger partial charge in [0.1, 0.15) is 10.4 Å². The molecule has 0 bridgehead atoms. The van der Waals surface area contributed by atoms with Crippen molar-refractivity contribution in [3.8, 4) is 11.1 Å². The van der Waals surface area contributed by atoms with Crippen molar-refractivity contribution in [2.24, 2.45) is 0 Å². The zero-order valence-corrected chi connectivity index (χ0v) is 14.4. The lowest BCUT2D eigenvalue weighted by Gasteiger charge is -2.08. The van der Waals surface area contributed by atoms with Gasteiger partial charge in [-0.15, -0.1) is 0 Å². The van der Waals surface area contributed by atoms with Crippen LogP contribution in [0.3, 0.4) is 0 Å². The first kappa shape index (κ1) is 15.7. The van der Waals surface area contributed by atoms with Gasteiger partial charge in [-0.05, 0) is 51.3 Å². The second-order valence-corrected chi connectivity index (χ2v) is 7.34. The summed E-state index contributed by atoms with van der Waals surface area (Å²) in [5, 5.41) is 0. The molecule has 6 heteroatoms. The molecule has 0 spiro atoms. The minimum absolute atomic E-state index is 0.193. The maximum atomic E-state index is 12.4. The second kappa shape index (κ2) is 6.52. The average Bonchev–Trinajstić information content (AvgIpc) is 2.55. The predicted octanol–water partition coefficient (Wildman–Crippen LogP) is 4.31. The van der Waals surface area contributed by atoms with E-state index >= 15 is 0 Å². The highest BCUT2D eigenvalue weighted by Gasteiger charge is 2.15. The van der Waals surface area contributed by atoms with Gasteiger partial charge in [0, 0.05) is 0 Å². The Hall–Kier alpha value is -2.18. The highest BCUT2D eigenvalue weighted by atomic mass is 79.9. The second-order valence-electron chi connectivity index (χ2n) is 4.84. The third-order valence-electron chi connectivity index (χ3n) is 3.23. The molecule has 4 nitrogen and oxygen atoms in total. The van der Waals surface area contributed by atoms with Crippen LogP contribution in [0, 0.1) is 0 Å². The van der Waals surface area contributed by atoms with Crippen LogP contribution in [0.2, 0.25) is 0 Å². The van der Waals surface area contributed by atoms with Crippen molar-refractivity contribution < 1.29 is 8.42 Å². The Bertz CT molecular complexity index is 911. The van der Waals surface area contributed by atoms with E-state index in [0.29, 0.717) is 4.60 Å². The van der Waals surface area contributed by atoms with Crippen LogP contribution in [0.1, 0.15) is 0 Å². The smallest absolute Gasteiger partial charge is 0.263 e. The summed E-state index contributed by atoms with van der Waals surface area (Å²) in [6, 6.07) is 21.6. The summed E-state index contributed by atoms with van der Waals surface area (Å²) in [5.41, 5.74) is 2.00. The van der Waals surface area contributed by atoms with E-state index in [-0.39, 0.29) is 10.7 Å². The molecule has 23 heavy (non-hydrogen) atoms. The van der Waals surface area contributed by atoms with Crippen LogP contribution in [0.5, 0.6) is 0 Å². The number of benzene rings is 2. The van der Waals surface area contributed by atoms with Crippen LogP contribution >= 0.6 is 15.9 Å². The summed E-state index contributed by atoms with van der Waals surface area (Å²) in [7, 11) is -3.66. The third-order valence-corrected chi connectivity index (χ3v) is 5.04. The first-order valence-corrected chi connectivity index (χ1v) is 9.13. The fraction of sp³-hybridized carbons (Fsp3) is 0. The van der Waals surface area contributed by atoms with E-state index in [0.717, 1.165) is 11.1 Å². The van der Waals surface area contributed by atoms with Gasteiger partial charge < -0.3 is 0 Å². The van der Waals surface area contributed by atoms with Crippen molar-refractivity contribution >= 4 is 31.8 Å². The minimum atomic E-state index is -3.66. The van der Waals surface area contributed by atoms with E-state index in [1.54, 1.807) is 42.5 Å². The maximum absolute atomic E-state index is 12.4. The van der Waals surface area contributed by atoms with Gasteiger partial charge >= 0.3 is 0 Å². The van der Waals surface area contributed by atoms with Crippen molar-refractivity contribution in [1.29, 1.82) is 0 Å². The van der Waals surface area contributed by atoms with Gasteiger partial charge in [-0.2, -0.15) is 0 Å². The Morgan fingerprint density at radius 2 is 1.43 bits per heavy atom. The van der Waals surface area contributed by atoms with Crippen LogP contribution in [-0.2, 0) is 10.0 Å². The topological polar surface area (TPSA) is 59.1 Å². The Morgan fingerprint density at radius 1 is 0.783 bits per heavy atom. The monoisotopic (exact) mass is 388 g/mol. The fourth-order valence-corrected chi connectivity index (χ4v) is 3.46. The van der Waals surface area contributed by atoms with Crippen molar-refractivity contribution in [3.63, 3.8) is 0 Å². The van der Waals surface area contributed by atoms with Gasteiger partial charge in [-0.3, -0.25) is 4.72 Å². The van der Waals surface area contributed by atoms with Gasteiger partial charge in [0.15, 0.2) is 0 Å². The Labute approximate surface area is 143 Å². The number of nitrogens with one attached hydrogen (secondary N) is 1. The van der Waals surface area contributed by atoms with Crippen LogP contribution in [-0.4, -0.2) is 13.4 Å². The molecule has 1 N–H and O–H groups in total. The van der Waals surface area contributed by atoms with E-state index in [9.17, 15) is 8.42 Å². The summed E-state index contributed by atoms with van der Waals surface area (Å²) >= 11 is 3.22. The minimum Gasteiger partial charge on any atom is -0.263 e. The average molecular weight is 389 g/mol. The van der Waals surface area contributed by atoms with Gasteiger partial charge in [-0.1, -0.05) is 48.5 Å². The molecule has 0 radical (unpaired) electrons. The molecule has 0 atom stereocenters. The first-order chi connectivity index (χ1) is 11.0. The lowest BCUT2D eigenvalue weighted by atomic mass is 10.1. The van der Waals surface area contributed by atoms with Crippen LogP contribution in [0.15, 0.2) is 82.3 Å². The third kappa shape index (κ3) is 3.78. The molecule has 0 aliphatic carbocycles. The van der Waals surface area contributed by atoms with Crippen LogP contribution in [0.4, 0.5) is 5.82 Å². The molecule has 0 saturated heterocycles. The standard InChI is InChI=1S/C17H13BrN2O2S/c18-16-7-4-8-17(19-16)20-23(21,22)15-11-9-14(10-12-15)13-5-2-1-3-6-13/h1-12H,(H,19,20). The number of halogens is 1. The molecule has 0 aliphatic heterocycles. The number of nitrogens with zero attached hydrogens (tertiary/aromatic N) is 1. The van der Waals surface area contributed by atoms with Crippen LogP contribution < -0.4 is 4.72 Å². The summed E-state index contributed by atoms with van der Waals surface area (Å²) in [6.07, 6.45) is 0. The lowest BCUT2D eigenvalue weighted by Crippen LogP contribution is -2.13. The number of hydrogen-bond donors (Lipinski definition) is 1. The highest BCUT2D eigenvalue weighted by Crippen LogP contribution is 2.22. The van der Waals surface area contributed by atoms with E-state index in [4.69, 9.17) is 0 Å². The zero-order valence-electron chi connectivity index (χ0n) is 12.0. The summed E-state index contributed by atoms with van der Waals surface area (Å²) in [4.78, 5) is 4.27. The van der Waals surface area contributed by atoms with Crippen molar-refractivity contribution in [2.75, 3.05) is 4.72 Å². The molecule has 1 aromatic heterocycles. The largest absolute Gasteiger partial charge is 0.263 e. The van der Waals surface area contributed by atoms with E-state index in [2.05, 4.69) is 25.6 Å². The summed E-state index contributed by atoms with van der Waals surface area (Å²) in [5.74, 6) is 0.270. The van der Waals surface area contributed by atoms with E-state index in [1.165, 1.54) is 0 Å². The van der Waals surface area contributed by atoms with Gasteiger partial charge in [-0.25, -0.2) is 13.4 Å². The quantitative estimate of drug-likeness (QED) is 0.677. The SMILES string of the molecule is O=S(=O)(Nc1cccc(Br)n1)c1ccc(-c2ccccc2)cc1. The Morgan fingerprint density at radius 3 is 2.09 bits per heavy atom. The van der Waals surface area contributed by atoms with Crippen molar-refractivity contribution in [3.05, 3.63) is 77.4 Å². The molecule has 0 aliphatic rings. The summed E-state index contributed by atoms with van der Waals surface area (Å²) in [6.45, 7) is 0. The van der Waals surface area contributed by atoms with Crippen molar-refractivity contribution in [2.45, 2.75) is 4.90 Å². The number of hydrogen-bond acceptors (Lipinski definition) is 3. The molecule has 1 heterocycles. The molecular formula is C17H13BrN2O2S. The van der Waals surface area contributed by atoms with Gasteiger partial charge in [0.2, 0.25) is 0 Å². The number of pyridine rings is 1. The molecule has 0 unspecified atom stereocenters. The van der Waals surface area contributed by atoms with E-state index < -0.39 is 10.0 Å². The Kier molecular flexibility index (Phi) is 4.45. The van der Waals surface area contributed by atoms with Crippen LogP contribution in [0.25, 0.3) is 11.1 Å². The molecule has 0 amide bonds. The highest BCUT2D eigenvalue weighted by molar-refractivity contribution is 9.10. The first-order valence-electron chi connectivity index (χ1n) is 6.85. The molecule has 2 aromatic carbocycles. The van der Waals surface area contributed by atoms with Gasteiger partial charge in [0.25, 0.3) is 10.0 Å². The van der Waals surface area contributed by atoms with E-state index in [1.807, 2.05) is 30.3 Å². The number of sulfonamides is 1. The number of rotatable bonds is 4. The molecule has 0 saturated carbocycles. The number of anilines is 1. The molecule has 0 fully saturated rings. The lowest BCUT2D eigenvalue weighted by molar-refractivity contribution is 0.601. The molecule has 116 valence electrons. The molecule has 3 aromatic rings. The molecule has 3 rings (SSSR count). The summed E-state index contributed by atoms with van der Waals surface area (Å²) < 4.78 is 27.8. The van der Waals surface area contributed by atoms with Crippen molar-refractivity contribution in [1.82, 2.24) is 4.98 Å². The van der Waals surface area contributed by atoms with Gasteiger partial charge in [0.05, 0.1) is 4.90 Å². The predicted molar refractivity (Wildman–Crippen MR) is 94.6 cm³/mol. The maximum Gasteiger partial charge on any atom is 0.263 e. The zero-order chi connectivity index (χ0) is 16.3. The fourth-order valence-electron chi connectivity index (χ4n) is 2.12. The molecular weight excluding hydrogens is 376 g/mol. The normalized spacial score (nSPS) is 11.2. The number of aromatic nitrogens is 1. The Balaban J connectivity index is 1.86.